The second kappa shape index (κ2) is 11.6. The zero-order chi connectivity index (χ0) is 25.7. The van der Waals surface area contributed by atoms with Gasteiger partial charge in [-0.3, -0.25) is 9.69 Å². The predicted octanol–water partition coefficient (Wildman–Crippen LogP) is 4.92. The van der Waals surface area contributed by atoms with Gasteiger partial charge in [-0.15, -0.1) is 0 Å². The first-order valence-corrected chi connectivity index (χ1v) is 12.2. The zero-order valence-corrected chi connectivity index (χ0v) is 20.5. The molecule has 1 saturated carbocycles. The van der Waals surface area contributed by atoms with Gasteiger partial charge in [-0.05, 0) is 50.5 Å². The van der Waals surface area contributed by atoms with Crippen LogP contribution in [0.4, 0.5) is 8.78 Å². The van der Waals surface area contributed by atoms with Gasteiger partial charge in [-0.1, -0.05) is 25.1 Å². The summed E-state index contributed by atoms with van der Waals surface area (Å²) in [5.41, 5.74) is 2.14. The van der Waals surface area contributed by atoms with Gasteiger partial charge in [0.25, 0.3) is 0 Å². The first-order chi connectivity index (χ1) is 17.4. The lowest BCUT2D eigenvalue weighted by molar-refractivity contribution is -0.147. The van der Waals surface area contributed by atoms with Gasteiger partial charge in [0.1, 0.15) is 18.5 Å². The number of aryl methyl sites for hydroxylation is 1. The van der Waals surface area contributed by atoms with E-state index < -0.39 is 17.7 Å². The average Bonchev–Trinajstić information content (AvgIpc) is 3.66. The highest BCUT2D eigenvalue weighted by Crippen LogP contribution is 2.35. The Morgan fingerprint density at radius 1 is 1.22 bits per heavy atom. The molecule has 2 aromatic carbocycles. The minimum absolute atomic E-state index is 0.0749. The Hall–Kier alpha value is -3.30. The third-order valence-corrected chi connectivity index (χ3v) is 6.00. The molecule has 1 fully saturated rings. The Bertz CT molecular complexity index is 1180. The van der Waals surface area contributed by atoms with E-state index in [2.05, 4.69) is 10.00 Å². The molecule has 3 aromatic rings. The molecule has 0 saturated heterocycles. The van der Waals surface area contributed by atoms with Crippen molar-refractivity contribution in [2.45, 2.75) is 58.2 Å². The number of aromatic nitrogens is 2. The van der Waals surface area contributed by atoms with Crippen molar-refractivity contribution in [3.05, 3.63) is 71.4 Å². The van der Waals surface area contributed by atoms with Crippen LogP contribution in [0.1, 0.15) is 43.9 Å². The van der Waals surface area contributed by atoms with Crippen molar-refractivity contribution in [2.24, 2.45) is 0 Å². The van der Waals surface area contributed by atoms with Gasteiger partial charge in [0.2, 0.25) is 5.88 Å². The molecule has 0 bridgehead atoms. The molecule has 1 aliphatic carbocycles. The van der Waals surface area contributed by atoms with Crippen LogP contribution in [0.5, 0.6) is 11.6 Å². The van der Waals surface area contributed by atoms with Crippen LogP contribution in [0, 0.1) is 18.6 Å². The number of aliphatic hydroxyl groups excluding tert-OH is 1. The van der Waals surface area contributed by atoms with Crippen LogP contribution in [0.3, 0.4) is 0 Å². The smallest absolute Gasteiger partial charge is 0.305 e. The molecule has 0 aliphatic heterocycles. The van der Waals surface area contributed by atoms with Gasteiger partial charge in [0.05, 0.1) is 16.9 Å². The van der Waals surface area contributed by atoms with Gasteiger partial charge < -0.3 is 14.6 Å². The Labute approximate surface area is 209 Å². The lowest BCUT2D eigenvalue weighted by atomic mass is 10.2. The molecule has 1 heterocycles. The SMILES string of the molecule is CCCC(=O)OCC(O)CN(Cc1c(C)nn(-c2ccccc2)c1Oc1ccc(F)cc1F)C1CC1. The van der Waals surface area contributed by atoms with E-state index in [0.717, 1.165) is 36.2 Å². The number of para-hydroxylation sites is 1. The van der Waals surface area contributed by atoms with E-state index in [1.807, 2.05) is 44.2 Å². The Kier molecular flexibility index (Phi) is 8.32. The highest BCUT2D eigenvalue weighted by Gasteiger charge is 2.33. The summed E-state index contributed by atoms with van der Waals surface area (Å²) in [6.45, 7) is 4.35. The highest BCUT2D eigenvalue weighted by molar-refractivity contribution is 5.69. The van der Waals surface area contributed by atoms with E-state index in [0.29, 0.717) is 37.5 Å². The number of carbonyl (C=O) groups is 1. The molecule has 36 heavy (non-hydrogen) atoms. The van der Waals surface area contributed by atoms with Gasteiger partial charge in [-0.2, -0.15) is 5.10 Å². The standard InChI is InChI=1S/C27H31F2N3O4/c1-3-7-26(34)35-17-22(33)15-31(20-11-12-20)16-23-18(2)30-32(21-8-5-4-6-9-21)27(23)36-25-13-10-19(28)14-24(25)29/h4-6,8-10,13-14,20,22,33H,3,7,11-12,15-17H2,1-2H3. The monoisotopic (exact) mass is 499 g/mol. The van der Waals surface area contributed by atoms with Gasteiger partial charge in [0, 0.05) is 31.6 Å². The van der Waals surface area contributed by atoms with E-state index in [-0.39, 0.29) is 24.4 Å². The lowest BCUT2D eigenvalue weighted by Crippen LogP contribution is -2.36. The number of carbonyl (C=O) groups excluding carboxylic acids is 1. The fraction of sp³-hybridized carbons (Fsp3) is 0.407. The fourth-order valence-electron chi connectivity index (χ4n) is 4.01. The maximum absolute atomic E-state index is 14.5. The van der Waals surface area contributed by atoms with Crippen LogP contribution >= 0.6 is 0 Å². The van der Waals surface area contributed by atoms with Crippen molar-refractivity contribution >= 4 is 5.97 Å². The van der Waals surface area contributed by atoms with Crippen molar-refractivity contribution in [1.29, 1.82) is 0 Å². The first-order valence-electron chi connectivity index (χ1n) is 12.2. The Balaban J connectivity index is 1.60. The van der Waals surface area contributed by atoms with Crippen LogP contribution in [0.25, 0.3) is 5.69 Å². The molecule has 4 rings (SSSR count). The van der Waals surface area contributed by atoms with E-state index in [9.17, 15) is 18.7 Å². The summed E-state index contributed by atoms with van der Waals surface area (Å²) in [6, 6.07) is 12.7. The Morgan fingerprint density at radius 2 is 1.97 bits per heavy atom. The topological polar surface area (TPSA) is 76.8 Å². The summed E-state index contributed by atoms with van der Waals surface area (Å²) in [7, 11) is 0. The van der Waals surface area contributed by atoms with E-state index in [1.165, 1.54) is 6.07 Å². The lowest BCUT2D eigenvalue weighted by Gasteiger charge is -2.25. The summed E-state index contributed by atoms with van der Waals surface area (Å²) in [5.74, 6) is -1.63. The quantitative estimate of drug-likeness (QED) is 0.357. The number of esters is 1. The second-order valence-corrected chi connectivity index (χ2v) is 9.04. The molecular formula is C27H31F2N3O4. The Morgan fingerprint density at radius 3 is 2.64 bits per heavy atom. The molecular weight excluding hydrogens is 468 g/mol. The van der Waals surface area contributed by atoms with Crippen molar-refractivity contribution in [3.63, 3.8) is 0 Å². The summed E-state index contributed by atoms with van der Waals surface area (Å²) >= 11 is 0. The zero-order valence-electron chi connectivity index (χ0n) is 20.5. The highest BCUT2D eigenvalue weighted by atomic mass is 19.1. The first kappa shape index (κ1) is 25.8. The van der Waals surface area contributed by atoms with Gasteiger partial charge >= 0.3 is 5.97 Å². The molecule has 1 N–H and O–H groups in total. The maximum atomic E-state index is 14.5. The number of halogens is 2. The largest absolute Gasteiger partial charge is 0.463 e. The van der Waals surface area contributed by atoms with E-state index >= 15 is 0 Å². The van der Waals surface area contributed by atoms with Crippen LogP contribution < -0.4 is 4.74 Å². The average molecular weight is 500 g/mol. The number of rotatable bonds is 12. The molecule has 0 amide bonds. The fourth-order valence-corrected chi connectivity index (χ4v) is 4.01. The number of ether oxygens (including phenoxy) is 2. The van der Waals surface area contributed by atoms with Gasteiger partial charge in [-0.25, -0.2) is 13.5 Å². The van der Waals surface area contributed by atoms with Crippen molar-refractivity contribution < 1.29 is 28.2 Å². The number of hydrogen-bond donors (Lipinski definition) is 1. The van der Waals surface area contributed by atoms with Crippen LogP contribution in [0.2, 0.25) is 0 Å². The van der Waals surface area contributed by atoms with E-state index in [4.69, 9.17) is 9.47 Å². The van der Waals surface area contributed by atoms with Gasteiger partial charge in [0.15, 0.2) is 11.6 Å². The summed E-state index contributed by atoms with van der Waals surface area (Å²) < 4.78 is 40.8. The van der Waals surface area contributed by atoms with Crippen LogP contribution in [-0.4, -0.2) is 51.1 Å². The molecule has 9 heteroatoms. The predicted molar refractivity (Wildman–Crippen MR) is 130 cm³/mol. The molecule has 1 aliphatic rings. The molecule has 0 spiro atoms. The molecule has 0 radical (unpaired) electrons. The molecule has 1 unspecified atom stereocenters. The van der Waals surface area contributed by atoms with E-state index in [1.54, 1.807) is 4.68 Å². The number of nitrogens with zero attached hydrogens (tertiary/aromatic N) is 3. The minimum atomic E-state index is -0.852. The van der Waals surface area contributed by atoms with Crippen molar-refractivity contribution in [3.8, 4) is 17.3 Å². The summed E-state index contributed by atoms with van der Waals surface area (Å²) in [4.78, 5) is 13.8. The normalized spacial score (nSPS) is 14.2. The molecule has 192 valence electrons. The van der Waals surface area contributed by atoms with Crippen LogP contribution in [0.15, 0.2) is 48.5 Å². The summed E-state index contributed by atoms with van der Waals surface area (Å²) in [6.07, 6.45) is 2.12. The molecule has 1 aromatic heterocycles. The number of benzene rings is 2. The van der Waals surface area contributed by atoms with Crippen LogP contribution in [-0.2, 0) is 16.1 Å². The third-order valence-electron chi connectivity index (χ3n) is 6.00. The summed E-state index contributed by atoms with van der Waals surface area (Å²) in [5, 5.41) is 15.2. The minimum Gasteiger partial charge on any atom is -0.463 e. The number of aliphatic hydroxyl groups is 1. The van der Waals surface area contributed by atoms with Crippen molar-refractivity contribution in [2.75, 3.05) is 13.2 Å². The van der Waals surface area contributed by atoms with Crippen molar-refractivity contribution in [1.82, 2.24) is 14.7 Å². The molecule has 1 atom stereocenters. The maximum Gasteiger partial charge on any atom is 0.305 e. The molecule has 7 nitrogen and oxygen atoms in total. The third kappa shape index (κ3) is 6.47. The number of hydrogen-bond acceptors (Lipinski definition) is 6. The second-order valence-electron chi connectivity index (χ2n) is 9.04.